The van der Waals surface area contributed by atoms with Gasteiger partial charge in [-0.2, -0.15) is 0 Å². The average Bonchev–Trinajstić information content (AvgIpc) is 2.37. The standard InChI is InChI=1S/C13H16ClNO3/c14-11-3-1-2-10(8-11)9-12(13(16)17)15-4-6-18-7-5-15/h1-3,8,12H,4-7,9H2,(H,16,17)/t12-/m0/s1. The Balaban J connectivity index is 2.08. The maximum Gasteiger partial charge on any atom is 0.321 e. The lowest BCUT2D eigenvalue weighted by Gasteiger charge is -2.32. The van der Waals surface area contributed by atoms with Gasteiger partial charge in [-0.25, -0.2) is 0 Å². The summed E-state index contributed by atoms with van der Waals surface area (Å²) in [6.45, 7) is 2.52. The predicted octanol–water partition coefficient (Wildman–Crippen LogP) is 1.67. The number of hydrogen-bond acceptors (Lipinski definition) is 3. The van der Waals surface area contributed by atoms with Gasteiger partial charge in [-0.1, -0.05) is 23.7 Å². The summed E-state index contributed by atoms with van der Waals surface area (Å²) < 4.78 is 5.24. The van der Waals surface area contributed by atoms with Gasteiger partial charge in [0.05, 0.1) is 13.2 Å². The molecule has 1 aromatic rings. The Morgan fingerprint density at radius 3 is 2.78 bits per heavy atom. The van der Waals surface area contributed by atoms with Gasteiger partial charge in [-0.15, -0.1) is 0 Å². The fraction of sp³-hybridized carbons (Fsp3) is 0.462. The van der Waals surface area contributed by atoms with Crippen LogP contribution in [0.4, 0.5) is 0 Å². The third-order valence-electron chi connectivity index (χ3n) is 3.09. The molecule has 1 aromatic carbocycles. The first-order valence-electron chi connectivity index (χ1n) is 5.96. The quantitative estimate of drug-likeness (QED) is 0.903. The number of rotatable bonds is 4. The SMILES string of the molecule is O=C(O)[C@H](Cc1cccc(Cl)c1)N1CCOCC1. The van der Waals surface area contributed by atoms with Crippen LogP contribution in [-0.4, -0.2) is 48.3 Å². The molecule has 0 amide bonds. The maximum atomic E-state index is 11.4. The van der Waals surface area contributed by atoms with E-state index in [9.17, 15) is 9.90 Å². The van der Waals surface area contributed by atoms with Crippen LogP contribution in [0.3, 0.4) is 0 Å². The van der Waals surface area contributed by atoms with Crippen molar-refractivity contribution in [3.8, 4) is 0 Å². The number of benzene rings is 1. The summed E-state index contributed by atoms with van der Waals surface area (Å²) in [6.07, 6.45) is 0.468. The molecule has 1 heterocycles. The van der Waals surface area contributed by atoms with E-state index >= 15 is 0 Å². The van der Waals surface area contributed by atoms with Crippen LogP contribution in [0.2, 0.25) is 5.02 Å². The van der Waals surface area contributed by atoms with E-state index in [1.54, 1.807) is 6.07 Å². The lowest BCUT2D eigenvalue weighted by Crippen LogP contribution is -2.48. The van der Waals surface area contributed by atoms with Gasteiger partial charge in [0.1, 0.15) is 6.04 Å². The highest BCUT2D eigenvalue weighted by atomic mass is 35.5. The van der Waals surface area contributed by atoms with Gasteiger partial charge in [0.15, 0.2) is 0 Å². The van der Waals surface area contributed by atoms with E-state index in [1.807, 2.05) is 23.1 Å². The number of carbonyl (C=O) groups is 1. The minimum Gasteiger partial charge on any atom is -0.480 e. The summed E-state index contributed by atoms with van der Waals surface area (Å²) in [7, 11) is 0. The van der Waals surface area contributed by atoms with Crippen LogP contribution in [0.1, 0.15) is 5.56 Å². The fourth-order valence-electron chi connectivity index (χ4n) is 2.15. The Labute approximate surface area is 111 Å². The lowest BCUT2D eigenvalue weighted by molar-refractivity contribution is -0.145. The smallest absolute Gasteiger partial charge is 0.321 e. The first kappa shape index (κ1) is 13.3. The van der Waals surface area contributed by atoms with Crippen LogP contribution in [0.5, 0.6) is 0 Å². The van der Waals surface area contributed by atoms with Gasteiger partial charge in [-0.05, 0) is 24.1 Å². The second-order valence-corrected chi connectivity index (χ2v) is 4.77. The molecule has 18 heavy (non-hydrogen) atoms. The van der Waals surface area contributed by atoms with Crippen LogP contribution >= 0.6 is 11.6 Å². The molecular weight excluding hydrogens is 254 g/mol. The molecule has 1 atom stereocenters. The fourth-order valence-corrected chi connectivity index (χ4v) is 2.36. The minimum atomic E-state index is -0.795. The molecule has 1 fully saturated rings. The van der Waals surface area contributed by atoms with E-state index in [4.69, 9.17) is 16.3 Å². The molecule has 1 N–H and O–H groups in total. The van der Waals surface area contributed by atoms with Crippen molar-refractivity contribution in [1.82, 2.24) is 4.90 Å². The van der Waals surface area contributed by atoms with Crippen LogP contribution in [0.25, 0.3) is 0 Å². The van der Waals surface area contributed by atoms with Gasteiger partial charge in [0, 0.05) is 18.1 Å². The minimum absolute atomic E-state index is 0.468. The van der Waals surface area contributed by atoms with Crippen LogP contribution in [0.15, 0.2) is 24.3 Å². The maximum absolute atomic E-state index is 11.4. The molecule has 0 aliphatic carbocycles. The molecule has 5 heteroatoms. The molecule has 0 spiro atoms. The number of hydrogen-bond donors (Lipinski definition) is 1. The van der Waals surface area contributed by atoms with Crippen LogP contribution in [-0.2, 0) is 16.0 Å². The van der Waals surface area contributed by atoms with Crippen molar-refractivity contribution in [3.05, 3.63) is 34.9 Å². The zero-order chi connectivity index (χ0) is 13.0. The third kappa shape index (κ3) is 3.45. The van der Waals surface area contributed by atoms with Crippen molar-refractivity contribution in [2.75, 3.05) is 26.3 Å². The van der Waals surface area contributed by atoms with E-state index in [1.165, 1.54) is 0 Å². The van der Waals surface area contributed by atoms with E-state index in [-0.39, 0.29) is 0 Å². The molecule has 0 bridgehead atoms. The monoisotopic (exact) mass is 269 g/mol. The Bertz CT molecular complexity index is 418. The topological polar surface area (TPSA) is 49.8 Å². The number of aliphatic carboxylic acids is 1. The lowest BCUT2D eigenvalue weighted by atomic mass is 10.0. The van der Waals surface area contributed by atoms with Gasteiger partial charge in [0.2, 0.25) is 0 Å². The van der Waals surface area contributed by atoms with Crippen molar-refractivity contribution in [2.45, 2.75) is 12.5 Å². The number of morpholine rings is 1. The van der Waals surface area contributed by atoms with E-state index in [0.717, 1.165) is 5.56 Å². The molecule has 0 unspecified atom stereocenters. The third-order valence-corrected chi connectivity index (χ3v) is 3.32. The molecule has 1 aliphatic heterocycles. The normalized spacial score (nSPS) is 18.5. The van der Waals surface area contributed by atoms with E-state index < -0.39 is 12.0 Å². The number of nitrogens with zero attached hydrogens (tertiary/aromatic N) is 1. The zero-order valence-corrected chi connectivity index (χ0v) is 10.8. The van der Waals surface area contributed by atoms with Crippen LogP contribution in [0, 0.1) is 0 Å². The summed E-state index contributed by atoms with van der Waals surface area (Å²) >= 11 is 5.91. The Hall–Kier alpha value is -1.10. The molecule has 4 nitrogen and oxygen atoms in total. The first-order chi connectivity index (χ1) is 8.66. The summed E-state index contributed by atoms with van der Waals surface area (Å²) in [5.74, 6) is -0.795. The van der Waals surface area contributed by atoms with Crippen molar-refractivity contribution in [1.29, 1.82) is 0 Å². The molecule has 98 valence electrons. The van der Waals surface area contributed by atoms with Crippen molar-refractivity contribution < 1.29 is 14.6 Å². The number of ether oxygens (including phenoxy) is 1. The largest absolute Gasteiger partial charge is 0.480 e. The Morgan fingerprint density at radius 2 is 2.17 bits per heavy atom. The molecular formula is C13H16ClNO3. The summed E-state index contributed by atoms with van der Waals surface area (Å²) in [4.78, 5) is 13.3. The molecule has 0 saturated carbocycles. The molecule has 1 aliphatic rings. The highest BCUT2D eigenvalue weighted by Crippen LogP contribution is 2.15. The first-order valence-corrected chi connectivity index (χ1v) is 6.33. The van der Waals surface area contributed by atoms with Crippen LogP contribution < -0.4 is 0 Å². The summed E-state index contributed by atoms with van der Waals surface area (Å²) in [5, 5.41) is 9.98. The zero-order valence-electron chi connectivity index (χ0n) is 10.0. The van der Waals surface area contributed by atoms with Gasteiger partial charge in [-0.3, -0.25) is 9.69 Å². The number of carboxylic acid groups (broad SMARTS) is 1. The highest BCUT2D eigenvalue weighted by molar-refractivity contribution is 6.30. The Kier molecular flexibility index (Phi) is 4.58. The predicted molar refractivity (Wildman–Crippen MR) is 69.0 cm³/mol. The average molecular weight is 270 g/mol. The molecule has 0 aromatic heterocycles. The van der Waals surface area contributed by atoms with Gasteiger partial charge >= 0.3 is 5.97 Å². The molecule has 0 radical (unpaired) electrons. The number of halogens is 1. The van der Waals surface area contributed by atoms with E-state index in [2.05, 4.69) is 0 Å². The highest BCUT2D eigenvalue weighted by Gasteiger charge is 2.27. The summed E-state index contributed by atoms with van der Waals surface area (Å²) in [6, 6.07) is 6.85. The van der Waals surface area contributed by atoms with E-state index in [0.29, 0.717) is 37.7 Å². The second kappa shape index (κ2) is 6.18. The molecule has 2 rings (SSSR count). The summed E-state index contributed by atoms with van der Waals surface area (Å²) in [5.41, 5.74) is 0.946. The van der Waals surface area contributed by atoms with Crippen molar-refractivity contribution in [2.24, 2.45) is 0 Å². The van der Waals surface area contributed by atoms with Gasteiger partial charge < -0.3 is 9.84 Å². The molecule has 1 saturated heterocycles. The van der Waals surface area contributed by atoms with Gasteiger partial charge in [0.25, 0.3) is 0 Å². The Morgan fingerprint density at radius 1 is 1.44 bits per heavy atom. The second-order valence-electron chi connectivity index (χ2n) is 4.34. The van der Waals surface area contributed by atoms with Crippen molar-refractivity contribution >= 4 is 17.6 Å². The number of carboxylic acids is 1. The van der Waals surface area contributed by atoms with Crippen molar-refractivity contribution in [3.63, 3.8) is 0 Å².